The molecule has 1 rings (SSSR count). The molecule has 0 atom stereocenters. The molecule has 0 N–H and O–H groups in total. The minimum Gasteiger partial charge on any atom is -0.0654 e. The predicted molar refractivity (Wildman–Crippen MR) is 50.6 cm³/mol. The van der Waals surface area contributed by atoms with Gasteiger partial charge in [0.1, 0.15) is 0 Å². The van der Waals surface area contributed by atoms with E-state index in [1.807, 2.05) is 0 Å². The summed E-state index contributed by atoms with van der Waals surface area (Å²) in [6, 6.07) is 0. The van der Waals surface area contributed by atoms with E-state index in [1.165, 1.54) is 44.9 Å². The minimum atomic E-state index is 1.07. The number of hydrogen-bond donors (Lipinski definition) is 0. The van der Waals surface area contributed by atoms with Crippen molar-refractivity contribution in [1.29, 1.82) is 0 Å². The second-order valence-electron chi connectivity index (χ2n) is 4.08. The van der Waals surface area contributed by atoms with E-state index in [-0.39, 0.29) is 0 Å². The van der Waals surface area contributed by atoms with E-state index in [9.17, 15) is 0 Å². The second kappa shape index (κ2) is 4.79. The molecule has 0 amide bonds. The first-order valence-corrected chi connectivity index (χ1v) is 5.36. The molecule has 0 radical (unpaired) electrons. The highest BCUT2D eigenvalue weighted by atomic mass is 14.2. The van der Waals surface area contributed by atoms with Crippen molar-refractivity contribution in [2.45, 2.75) is 58.8 Å². The Kier molecular flexibility index (Phi) is 3.96. The topological polar surface area (TPSA) is 0 Å². The fourth-order valence-corrected chi connectivity index (χ4v) is 2.34. The molecule has 0 spiro atoms. The Bertz CT molecular complexity index is 88.2. The summed E-state index contributed by atoms with van der Waals surface area (Å²) in [7, 11) is 0. The third-order valence-corrected chi connectivity index (χ3v) is 3.24. The summed E-state index contributed by atoms with van der Waals surface area (Å²) < 4.78 is 0. The fraction of sp³-hybridized carbons (Fsp3) is 1.00. The summed E-state index contributed by atoms with van der Waals surface area (Å²) in [6.45, 7) is 4.65. The van der Waals surface area contributed by atoms with Crippen molar-refractivity contribution in [3.8, 4) is 0 Å². The second-order valence-corrected chi connectivity index (χ2v) is 4.08. The van der Waals surface area contributed by atoms with Crippen LogP contribution in [0.15, 0.2) is 0 Å². The third kappa shape index (κ3) is 2.84. The molecule has 0 bridgehead atoms. The lowest BCUT2D eigenvalue weighted by Crippen LogP contribution is -2.13. The van der Waals surface area contributed by atoms with E-state index in [0.29, 0.717) is 0 Å². The van der Waals surface area contributed by atoms with Gasteiger partial charge in [0.05, 0.1) is 0 Å². The van der Waals surface area contributed by atoms with E-state index in [1.54, 1.807) is 0 Å². The van der Waals surface area contributed by atoms with Crippen molar-refractivity contribution in [2.75, 3.05) is 0 Å². The van der Waals surface area contributed by atoms with Gasteiger partial charge in [-0.2, -0.15) is 0 Å². The van der Waals surface area contributed by atoms with Gasteiger partial charge in [0, 0.05) is 0 Å². The Morgan fingerprint density at radius 3 is 1.91 bits per heavy atom. The molecule has 0 nitrogen and oxygen atoms in total. The van der Waals surface area contributed by atoms with Gasteiger partial charge < -0.3 is 0 Å². The van der Waals surface area contributed by atoms with Crippen LogP contribution in [0, 0.1) is 11.8 Å². The van der Waals surface area contributed by atoms with Gasteiger partial charge in [0.2, 0.25) is 0 Å². The highest BCUT2D eigenvalue weighted by Crippen LogP contribution is 2.32. The zero-order valence-corrected chi connectivity index (χ0v) is 8.10. The predicted octanol–water partition coefficient (Wildman–Crippen LogP) is 4.00. The molecule has 1 saturated carbocycles. The summed E-state index contributed by atoms with van der Waals surface area (Å²) in [6.07, 6.45) is 10.4. The van der Waals surface area contributed by atoms with Crippen LogP contribution in [-0.4, -0.2) is 0 Å². The van der Waals surface area contributed by atoms with Crippen molar-refractivity contribution < 1.29 is 0 Å². The molecule has 1 aliphatic rings. The summed E-state index contributed by atoms with van der Waals surface area (Å²) in [5.41, 5.74) is 0. The van der Waals surface area contributed by atoms with Crippen LogP contribution in [0.4, 0.5) is 0 Å². The fourth-order valence-electron chi connectivity index (χ4n) is 2.34. The molecule has 0 heteroatoms. The van der Waals surface area contributed by atoms with Crippen LogP contribution in [0.25, 0.3) is 0 Å². The summed E-state index contributed by atoms with van der Waals surface area (Å²) in [4.78, 5) is 0. The molecule has 0 saturated heterocycles. The van der Waals surface area contributed by atoms with Crippen molar-refractivity contribution >= 4 is 0 Å². The molecule has 0 unspecified atom stereocenters. The lowest BCUT2D eigenvalue weighted by Gasteiger charge is -2.27. The molecule has 0 aromatic carbocycles. The molecule has 0 aromatic rings. The van der Waals surface area contributed by atoms with Crippen LogP contribution in [0.1, 0.15) is 58.8 Å². The van der Waals surface area contributed by atoms with Crippen LogP contribution in [0.5, 0.6) is 0 Å². The van der Waals surface area contributed by atoms with Gasteiger partial charge >= 0.3 is 0 Å². The molecule has 0 heterocycles. The summed E-state index contributed by atoms with van der Waals surface area (Å²) in [5.74, 6) is 2.16. The van der Waals surface area contributed by atoms with Gasteiger partial charge in [-0.1, -0.05) is 58.8 Å². The Balaban J connectivity index is 2.14. The normalized spacial score (nSPS) is 32.2. The van der Waals surface area contributed by atoms with Gasteiger partial charge in [-0.25, -0.2) is 0 Å². The quantitative estimate of drug-likeness (QED) is 0.576. The van der Waals surface area contributed by atoms with Gasteiger partial charge in [-0.05, 0) is 11.8 Å². The summed E-state index contributed by atoms with van der Waals surface area (Å²) >= 11 is 0. The SMILES string of the molecule is CCC[C@H]1CC[C@H](CC)CC1. The first-order chi connectivity index (χ1) is 5.36. The molecule has 11 heavy (non-hydrogen) atoms. The number of hydrogen-bond acceptors (Lipinski definition) is 0. The molecular weight excluding hydrogens is 132 g/mol. The Hall–Kier alpha value is 0. The Morgan fingerprint density at radius 1 is 0.909 bits per heavy atom. The lowest BCUT2D eigenvalue weighted by molar-refractivity contribution is 0.257. The van der Waals surface area contributed by atoms with Crippen LogP contribution >= 0.6 is 0 Å². The van der Waals surface area contributed by atoms with Crippen molar-refractivity contribution in [3.05, 3.63) is 0 Å². The van der Waals surface area contributed by atoms with E-state index >= 15 is 0 Å². The maximum Gasteiger partial charge on any atom is -0.0414 e. The largest absolute Gasteiger partial charge is 0.0654 e. The highest BCUT2D eigenvalue weighted by molar-refractivity contribution is 4.71. The molecule has 1 aliphatic carbocycles. The third-order valence-electron chi connectivity index (χ3n) is 3.24. The molecular formula is C11H22. The average Bonchev–Trinajstić information content (AvgIpc) is 2.07. The van der Waals surface area contributed by atoms with Crippen LogP contribution in [0.2, 0.25) is 0 Å². The average molecular weight is 154 g/mol. The number of rotatable bonds is 3. The van der Waals surface area contributed by atoms with Crippen molar-refractivity contribution in [1.82, 2.24) is 0 Å². The Morgan fingerprint density at radius 2 is 1.45 bits per heavy atom. The molecule has 1 fully saturated rings. The van der Waals surface area contributed by atoms with Gasteiger partial charge in [0.15, 0.2) is 0 Å². The minimum absolute atomic E-state index is 1.07. The zero-order chi connectivity index (χ0) is 8.10. The lowest BCUT2D eigenvalue weighted by atomic mass is 9.79. The van der Waals surface area contributed by atoms with E-state index in [0.717, 1.165) is 11.8 Å². The van der Waals surface area contributed by atoms with Gasteiger partial charge in [-0.15, -0.1) is 0 Å². The standard InChI is InChI=1S/C11H22/c1-3-5-11-8-6-10(4-2)7-9-11/h10-11H,3-9H2,1-2H3/t10-,11-. The smallest absolute Gasteiger partial charge is 0.0414 e. The summed E-state index contributed by atoms with van der Waals surface area (Å²) in [5, 5.41) is 0. The molecule has 0 aromatic heterocycles. The maximum atomic E-state index is 2.34. The molecule has 66 valence electrons. The first-order valence-electron chi connectivity index (χ1n) is 5.36. The first kappa shape index (κ1) is 9.09. The van der Waals surface area contributed by atoms with E-state index in [4.69, 9.17) is 0 Å². The Labute approximate surface area is 71.4 Å². The van der Waals surface area contributed by atoms with E-state index in [2.05, 4.69) is 13.8 Å². The van der Waals surface area contributed by atoms with Crippen LogP contribution < -0.4 is 0 Å². The van der Waals surface area contributed by atoms with Gasteiger partial charge in [-0.3, -0.25) is 0 Å². The monoisotopic (exact) mass is 154 g/mol. The van der Waals surface area contributed by atoms with Crippen LogP contribution in [-0.2, 0) is 0 Å². The van der Waals surface area contributed by atoms with Crippen molar-refractivity contribution in [2.24, 2.45) is 11.8 Å². The van der Waals surface area contributed by atoms with Crippen molar-refractivity contribution in [3.63, 3.8) is 0 Å². The maximum absolute atomic E-state index is 2.34. The van der Waals surface area contributed by atoms with Crippen LogP contribution in [0.3, 0.4) is 0 Å². The van der Waals surface area contributed by atoms with Gasteiger partial charge in [0.25, 0.3) is 0 Å². The van der Waals surface area contributed by atoms with E-state index < -0.39 is 0 Å². The highest BCUT2D eigenvalue weighted by Gasteiger charge is 2.18. The zero-order valence-electron chi connectivity index (χ0n) is 8.10. The molecule has 0 aliphatic heterocycles.